The summed E-state index contributed by atoms with van der Waals surface area (Å²) in [5.41, 5.74) is 2.02. The number of hydrogen-bond acceptors (Lipinski definition) is 3. The van der Waals surface area contributed by atoms with Gasteiger partial charge in [0.15, 0.2) is 0 Å². The summed E-state index contributed by atoms with van der Waals surface area (Å²) < 4.78 is 0. The number of hydrogen-bond donors (Lipinski definition) is 1. The second-order valence-corrected chi connectivity index (χ2v) is 4.13. The van der Waals surface area contributed by atoms with E-state index < -0.39 is 0 Å². The zero-order valence-corrected chi connectivity index (χ0v) is 10.8. The summed E-state index contributed by atoms with van der Waals surface area (Å²) in [5.74, 6) is 0.652. The number of anilines is 1. The molecule has 5 nitrogen and oxygen atoms in total. The van der Waals surface area contributed by atoms with Gasteiger partial charge in [0.1, 0.15) is 5.82 Å². The molecule has 0 spiro atoms. The molecule has 1 heterocycles. The Morgan fingerprint density at radius 1 is 1.28 bits per heavy atom. The summed E-state index contributed by atoms with van der Waals surface area (Å²) in [4.78, 5) is 18.0. The average molecular weight is 244 g/mol. The molecule has 0 unspecified atom stereocenters. The van der Waals surface area contributed by atoms with Crippen molar-refractivity contribution in [2.75, 3.05) is 11.4 Å². The van der Waals surface area contributed by atoms with E-state index >= 15 is 0 Å². The summed E-state index contributed by atoms with van der Waals surface area (Å²) >= 11 is 0. The van der Waals surface area contributed by atoms with Crippen molar-refractivity contribution in [1.82, 2.24) is 15.2 Å². The van der Waals surface area contributed by atoms with E-state index in [9.17, 15) is 4.79 Å². The van der Waals surface area contributed by atoms with Gasteiger partial charge in [-0.1, -0.05) is 17.7 Å². The minimum absolute atomic E-state index is 0.189. The van der Waals surface area contributed by atoms with Gasteiger partial charge in [-0.3, -0.25) is 9.89 Å². The molecule has 2 aromatic rings. The summed E-state index contributed by atoms with van der Waals surface area (Å²) in [6.07, 6.45) is 0. The van der Waals surface area contributed by atoms with E-state index in [2.05, 4.69) is 15.2 Å². The van der Waals surface area contributed by atoms with Crippen LogP contribution in [-0.2, 0) is 0 Å². The van der Waals surface area contributed by atoms with Crippen LogP contribution in [-0.4, -0.2) is 27.6 Å². The fourth-order valence-electron chi connectivity index (χ4n) is 1.73. The molecule has 0 aliphatic carbocycles. The Balaban J connectivity index is 2.28. The summed E-state index contributed by atoms with van der Waals surface area (Å²) in [5, 5.41) is 6.58. The maximum Gasteiger partial charge on any atom is 0.297 e. The normalized spacial score (nSPS) is 10.4. The van der Waals surface area contributed by atoms with Crippen LogP contribution in [0.5, 0.6) is 0 Å². The third-order valence-electron chi connectivity index (χ3n) is 2.70. The van der Waals surface area contributed by atoms with Crippen molar-refractivity contribution in [2.24, 2.45) is 0 Å². The number of aromatic amines is 1. The Kier molecular flexibility index (Phi) is 3.41. The third-order valence-corrected chi connectivity index (χ3v) is 2.70. The monoisotopic (exact) mass is 244 g/mol. The minimum Gasteiger partial charge on any atom is -0.306 e. The van der Waals surface area contributed by atoms with Crippen molar-refractivity contribution in [1.29, 1.82) is 0 Å². The number of nitrogens with zero attached hydrogens (tertiary/aromatic N) is 3. The molecule has 0 radical (unpaired) electrons. The van der Waals surface area contributed by atoms with Gasteiger partial charge >= 0.3 is 0 Å². The first-order valence-corrected chi connectivity index (χ1v) is 5.89. The first-order chi connectivity index (χ1) is 8.61. The average Bonchev–Trinajstić information content (AvgIpc) is 2.79. The molecule has 0 aliphatic heterocycles. The maximum atomic E-state index is 12.3. The maximum absolute atomic E-state index is 12.3. The van der Waals surface area contributed by atoms with E-state index in [4.69, 9.17) is 0 Å². The summed E-state index contributed by atoms with van der Waals surface area (Å²) in [7, 11) is 0. The fraction of sp³-hybridized carbons (Fsp3) is 0.308. The summed E-state index contributed by atoms with van der Waals surface area (Å²) in [6, 6.07) is 7.81. The molecule has 18 heavy (non-hydrogen) atoms. The molecule has 0 bridgehead atoms. The lowest BCUT2D eigenvalue weighted by molar-refractivity contribution is 0.0978. The van der Waals surface area contributed by atoms with Gasteiger partial charge in [0.25, 0.3) is 5.91 Å². The van der Waals surface area contributed by atoms with Gasteiger partial charge in [-0.15, -0.1) is 5.10 Å². The molecule has 5 heteroatoms. The lowest BCUT2D eigenvalue weighted by atomic mass is 10.2. The number of carbonyl (C=O) groups excluding carboxylic acids is 1. The fourth-order valence-corrected chi connectivity index (χ4v) is 1.73. The second kappa shape index (κ2) is 5.00. The van der Waals surface area contributed by atoms with Crippen molar-refractivity contribution in [2.45, 2.75) is 20.8 Å². The van der Waals surface area contributed by atoms with Crippen LogP contribution >= 0.6 is 0 Å². The van der Waals surface area contributed by atoms with Crippen LogP contribution in [0.1, 0.15) is 28.9 Å². The largest absolute Gasteiger partial charge is 0.306 e. The first-order valence-electron chi connectivity index (χ1n) is 5.89. The van der Waals surface area contributed by atoms with Gasteiger partial charge in [0.05, 0.1) is 0 Å². The number of nitrogens with one attached hydrogen (secondary N) is 1. The summed E-state index contributed by atoms with van der Waals surface area (Å²) in [6.45, 7) is 6.29. The molecule has 1 N–H and O–H groups in total. The van der Waals surface area contributed by atoms with E-state index in [1.165, 1.54) is 0 Å². The highest BCUT2D eigenvalue weighted by atomic mass is 16.2. The van der Waals surface area contributed by atoms with Gasteiger partial charge in [0, 0.05) is 12.2 Å². The van der Waals surface area contributed by atoms with E-state index in [1.807, 2.05) is 38.1 Å². The molecule has 94 valence electrons. The lowest BCUT2D eigenvalue weighted by Crippen LogP contribution is -2.31. The van der Waals surface area contributed by atoms with Crippen LogP contribution in [0.25, 0.3) is 0 Å². The molecule has 1 aromatic heterocycles. The van der Waals surface area contributed by atoms with Crippen molar-refractivity contribution >= 4 is 11.6 Å². The predicted octanol–water partition coefficient (Wildman–Crippen LogP) is 2.09. The number of amides is 1. The Morgan fingerprint density at radius 2 is 1.94 bits per heavy atom. The molecular weight excluding hydrogens is 228 g/mol. The van der Waals surface area contributed by atoms with Crippen molar-refractivity contribution in [3.05, 3.63) is 41.5 Å². The molecule has 1 amide bonds. The van der Waals surface area contributed by atoms with E-state index in [0.717, 1.165) is 11.3 Å². The Hall–Kier alpha value is -2.17. The molecule has 2 rings (SSSR count). The highest BCUT2D eigenvalue weighted by Crippen LogP contribution is 2.16. The van der Waals surface area contributed by atoms with Crippen LogP contribution in [0.15, 0.2) is 24.3 Å². The number of rotatable bonds is 3. The zero-order valence-electron chi connectivity index (χ0n) is 10.8. The van der Waals surface area contributed by atoms with Crippen molar-refractivity contribution < 1.29 is 4.79 Å². The third kappa shape index (κ3) is 2.40. The number of carbonyl (C=O) groups is 1. The van der Waals surface area contributed by atoms with E-state index in [-0.39, 0.29) is 11.7 Å². The van der Waals surface area contributed by atoms with Crippen LogP contribution < -0.4 is 4.90 Å². The highest BCUT2D eigenvalue weighted by molar-refractivity contribution is 6.03. The molecule has 0 atom stereocenters. The number of aromatic nitrogens is 3. The van der Waals surface area contributed by atoms with Gasteiger partial charge in [-0.05, 0) is 32.9 Å². The topological polar surface area (TPSA) is 61.9 Å². The van der Waals surface area contributed by atoms with Crippen LogP contribution in [0.2, 0.25) is 0 Å². The molecule has 0 saturated carbocycles. The zero-order chi connectivity index (χ0) is 13.1. The van der Waals surface area contributed by atoms with E-state index in [0.29, 0.717) is 12.4 Å². The Morgan fingerprint density at radius 3 is 2.44 bits per heavy atom. The van der Waals surface area contributed by atoms with E-state index in [1.54, 1.807) is 11.8 Å². The van der Waals surface area contributed by atoms with Crippen LogP contribution in [0, 0.1) is 13.8 Å². The van der Waals surface area contributed by atoms with Crippen molar-refractivity contribution in [3.63, 3.8) is 0 Å². The highest BCUT2D eigenvalue weighted by Gasteiger charge is 2.19. The van der Waals surface area contributed by atoms with Crippen LogP contribution in [0.3, 0.4) is 0 Å². The SMILES string of the molecule is CCN(C(=O)c1n[nH]c(C)n1)c1ccc(C)cc1. The number of aryl methyl sites for hydroxylation is 2. The quantitative estimate of drug-likeness (QED) is 0.899. The number of H-pyrrole nitrogens is 1. The van der Waals surface area contributed by atoms with Crippen molar-refractivity contribution in [3.8, 4) is 0 Å². The molecule has 0 aliphatic rings. The first kappa shape index (κ1) is 12.3. The van der Waals surface area contributed by atoms with Gasteiger partial charge < -0.3 is 4.90 Å². The van der Waals surface area contributed by atoms with Gasteiger partial charge in [-0.25, -0.2) is 4.98 Å². The Labute approximate surface area is 106 Å². The van der Waals surface area contributed by atoms with Crippen LogP contribution in [0.4, 0.5) is 5.69 Å². The standard InChI is InChI=1S/C13H16N4O/c1-4-17(11-7-5-9(2)6-8-11)13(18)12-14-10(3)15-16-12/h5-8H,4H2,1-3H3,(H,14,15,16). The number of benzene rings is 1. The predicted molar refractivity (Wildman–Crippen MR) is 69.6 cm³/mol. The molecule has 1 aromatic carbocycles. The van der Waals surface area contributed by atoms with Gasteiger partial charge in [0.2, 0.25) is 5.82 Å². The van der Waals surface area contributed by atoms with Gasteiger partial charge in [-0.2, -0.15) is 0 Å². The smallest absolute Gasteiger partial charge is 0.297 e. The molecular formula is C13H16N4O. The second-order valence-electron chi connectivity index (χ2n) is 4.13. The molecule has 0 saturated heterocycles. The minimum atomic E-state index is -0.189. The Bertz CT molecular complexity index is 544. The lowest BCUT2D eigenvalue weighted by Gasteiger charge is -2.19. The molecule has 0 fully saturated rings.